The fourth-order valence-corrected chi connectivity index (χ4v) is 5.04. The molecule has 0 fully saturated rings. The fourth-order valence-electron chi connectivity index (χ4n) is 5.04. The summed E-state index contributed by atoms with van der Waals surface area (Å²) in [5.41, 5.74) is 1.85. The Kier molecular flexibility index (Phi) is 28.3. The predicted molar refractivity (Wildman–Crippen MR) is 272 cm³/mol. The second kappa shape index (κ2) is 24.7. The van der Waals surface area contributed by atoms with Gasteiger partial charge < -0.3 is 13.9 Å². The van der Waals surface area contributed by atoms with Crippen LogP contribution in [0.25, 0.3) is 0 Å². The normalized spacial score (nSPS) is 14.3. The van der Waals surface area contributed by atoms with Gasteiger partial charge in [0.1, 0.15) is 6.67 Å². The van der Waals surface area contributed by atoms with E-state index in [0.29, 0.717) is 46.3 Å². The molecule has 0 aromatic rings. The van der Waals surface area contributed by atoms with E-state index in [9.17, 15) is 0 Å². The van der Waals surface area contributed by atoms with Gasteiger partial charge in [0, 0.05) is 17.1 Å². The molecule has 0 unspecified atom stereocenters. The standard InChI is InChI=1S/C11H28N2.C11H26N2.C10H25N2.C10H24N.C9H21N/c1-10(2)12(5,6)9-13(7,8)11(3)4;1-10(2,3)12(7)9-13(8)11(4,5)6;1-9(2)11(5)8-12(6,7)10(3)4;1-9(2,3)11(7,8)10(4,5)6;1-8(2,3)10(7)9(4,5)6/h10-11H,9H2,1-8H3;9H2,1-8H3;9-10H,8H2,1-7H3;1-8H3;1-7H3/q+2;;2*+1;/p+1. The number of hydrogen-bond acceptors (Lipinski definition) is 3. The zero-order chi connectivity index (χ0) is 49.7. The Morgan fingerprint density at radius 1 is 0.424 bits per heavy atom. The molecule has 0 aliphatic carbocycles. The summed E-state index contributed by atoms with van der Waals surface area (Å²) in [6.07, 6.45) is 0. The van der Waals surface area contributed by atoms with Gasteiger partial charge in [0.05, 0.1) is 110 Å². The van der Waals surface area contributed by atoms with E-state index in [1.54, 1.807) is 4.90 Å². The highest BCUT2D eigenvalue weighted by molar-refractivity contribution is 4.77. The van der Waals surface area contributed by atoms with Gasteiger partial charge in [0.15, 0.2) is 0 Å². The van der Waals surface area contributed by atoms with Crippen LogP contribution >= 0.6 is 0 Å². The van der Waals surface area contributed by atoms with Crippen LogP contribution in [0, 0.1) is 0 Å². The maximum absolute atomic E-state index is 2.39. The highest BCUT2D eigenvalue weighted by atomic mass is 15.5. The second-order valence-electron chi connectivity index (χ2n) is 27.5. The molecule has 0 aliphatic rings. The van der Waals surface area contributed by atoms with Crippen LogP contribution in [0.15, 0.2) is 0 Å². The molecule has 0 aliphatic heterocycles. The van der Waals surface area contributed by atoms with Gasteiger partial charge in [-0.2, -0.15) is 0 Å². The average Bonchev–Trinajstić information content (AvgIpc) is 2.94. The van der Waals surface area contributed by atoms with Crippen molar-refractivity contribution in [1.29, 1.82) is 0 Å². The Morgan fingerprint density at radius 3 is 0.780 bits per heavy atom. The quantitative estimate of drug-likeness (QED) is 0.174. The van der Waals surface area contributed by atoms with E-state index in [4.69, 9.17) is 0 Å². The lowest BCUT2D eigenvalue weighted by atomic mass is 9.93. The molecule has 364 valence electrons. The minimum atomic E-state index is 0.250. The Bertz CT molecular complexity index is 1010. The SMILES string of the molecule is CC(C)(C)[N+](C)(C)C(C)(C)C.CC(C)N(C)C[N+](C)(C)C(C)C.CC(C)[N+](C)(C)C[N+](C)(C)C(C)C.CN(CN(C)C(C)(C)C)C(C)(C)C.C[NH+](C(C)(C)C)C(C)(C)C. The van der Waals surface area contributed by atoms with Crippen molar-refractivity contribution in [2.45, 2.75) is 237 Å². The van der Waals surface area contributed by atoms with Crippen LogP contribution in [0.2, 0.25) is 0 Å². The number of rotatable bonds is 10. The van der Waals surface area contributed by atoms with Gasteiger partial charge in [-0.25, -0.2) is 0 Å². The third kappa shape index (κ3) is 28.9. The molecular formula is C51H125N8+5. The van der Waals surface area contributed by atoms with E-state index in [-0.39, 0.29) is 11.1 Å². The van der Waals surface area contributed by atoms with E-state index in [2.05, 4.69) is 279 Å². The van der Waals surface area contributed by atoms with E-state index < -0.39 is 0 Å². The molecule has 0 bridgehead atoms. The molecule has 0 rings (SSSR count). The molecule has 59 heavy (non-hydrogen) atoms. The molecule has 0 amide bonds. The van der Waals surface area contributed by atoms with Crippen molar-refractivity contribution in [3.05, 3.63) is 0 Å². The van der Waals surface area contributed by atoms with Gasteiger partial charge in [-0.3, -0.25) is 23.7 Å². The van der Waals surface area contributed by atoms with Crippen molar-refractivity contribution >= 4 is 0 Å². The van der Waals surface area contributed by atoms with Crippen molar-refractivity contribution in [1.82, 2.24) is 14.7 Å². The predicted octanol–water partition coefficient (Wildman–Crippen LogP) is 9.84. The third-order valence-corrected chi connectivity index (χ3v) is 14.7. The maximum atomic E-state index is 2.39. The van der Waals surface area contributed by atoms with Crippen LogP contribution in [0.3, 0.4) is 0 Å². The first kappa shape index (κ1) is 67.8. The minimum absolute atomic E-state index is 0.250. The maximum Gasteiger partial charge on any atom is 0.207 e. The molecule has 8 nitrogen and oxygen atoms in total. The van der Waals surface area contributed by atoms with Gasteiger partial charge in [-0.1, -0.05) is 0 Å². The topological polar surface area (TPSA) is 14.2 Å². The number of hydrogen-bond donors (Lipinski definition) is 1. The largest absolute Gasteiger partial charge is 0.329 e. The summed E-state index contributed by atoms with van der Waals surface area (Å²) in [6, 6.07) is 2.71. The summed E-state index contributed by atoms with van der Waals surface area (Å²) in [5, 5.41) is 0. The molecule has 0 aromatic carbocycles. The summed E-state index contributed by atoms with van der Waals surface area (Å²) in [5.74, 6) is 0. The third-order valence-electron chi connectivity index (χ3n) is 14.7. The molecular weight excluding hydrogens is 725 g/mol. The van der Waals surface area contributed by atoms with E-state index in [0.717, 1.165) is 31.3 Å². The lowest BCUT2D eigenvalue weighted by Crippen LogP contribution is -3.22. The van der Waals surface area contributed by atoms with E-state index >= 15 is 0 Å². The summed E-state index contributed by atoms with van der Waals surface area (Å²) in [4.78, 5) is 8.68. The Hall–Kier alpha value is -0.320. The highest BCUT2D eigenvalue weighted by Crippen LogP contribution is 2.30. The molecule has 0 saturated carbocycles. The zero-order valence-electron chi connectivity index (χ0n) is 49.1. The van der Waals surface area contributed by atoms with Crippen molar-refractivity contribution in [3.8, 4) is 0 Å². The van der Waals surface area contributed by atoms with Gasteiger partial charge in [0.2, 0.25) is 6.67 Å². The van der Waals surface area contributed by atoms with E-state index in [1.165, 1.54) is 6.67 Å². The van der Waals surface area contributed by atoms with Gasteiger partial charge in [-0.15, -0.1) is 0 Å². The zero-order valence-corrected chi connectivity index (χ0v) is 49.1. The summed E-state index contributed by atoms with van der Waals surface area (Å²) < 4.78 is 4.28. The molecule has 8 heteroatoms. The van der Waals surface area contributed by atoms with Crippen LogP contribution in [0.5, 0.6) is 0 Å². The van der Waals surface area contributed by atoms with Crippen LogP contribution in [-0.4, -0.2) is 195 Å². The van der Waals surface area contributed by atoms with Crippen LogP contribution in [0.4, 0.5) is 0 Å². The van der Waals surface area contributed by atoms with Crippen LogP contribution < -0.4 is 4.90 Å². The summed E-state index contributed by atoms with van der Waals surface area (Å²) >= 11 is 0. The Labute approximate surface area is 378 Å². The molecule has 0 heterocycles. The lowest BCUT2D eigenvalue weighted by Gasteiger charge is -2.51. The second-order valence-corrected chi connectivity index (χ2v) is 27.5. The van der Waals surface area contributed by atoms with Crippen LogP contribution in [-0.2, 0) is 0 Å². The smallest absolute Gasteiger partial charge is 0.207 e. The van der Waals surface area contributed by atoms with Crippen molar-refractivity contribution in [2.75, 3.05) is 105 Å². The first-order chi connectivity index (χ1) is 25.1. The fraction of sp³-hybridized carbons (Fsp3) is 1.00. The highest BCUT2D eigenvalue weighted by Gasteiger charge is 2.41. The Balaban J connectivity index is -0.000000207. The van der Waals surface area contributed by atoms with Crippen molar-refractivity contribution in [3.63, 3.8) is 0 Å². The van der Waals surface area contributed by atoms with Gasteiger partial charge in [-0.05, 0) is 201 Å². The molecule has 0 atom stereocenters. The van der Waals surface area contributed by atoms with Crippen molar-refractivity contribution < 1.29 is 22.8 Å². The molecule has 0 aromatic heterocycles. The lowest BCUT2D eigenvalue weighted by molar-refractivity contribution is -1.09. The molecule has 1 N–H and O–H groups in total. The van der Waals surface area contributed by atoms with Gasteiger partial charge >= 0.3 is 0 Å². The molecule has 0 spiro atoms. The summed E-state index contributed by atoms with van der Waals surface area (Å²) in [6.45, 7) is 62.3. The number of nitrogens with zero attached hydrogens (tertiary/aromatic N) is 7. The molecule has 0 saturated heterocycles. The molecule has 0 radical (unpaired) electrons. The van der Waals surface area contributed by atoms with Crippen LogP contribution in [0.1, 0.15) is 180 Å². The average molecular weight is 851 g/mol. The first-order valence-corrected chi connectivity index (χ1v) is 23.4. The van der Waals surface area contributed by atoms with Crippen molar-refractivity contribution in [2.24, 2.45) is 0 Å². The first-order valence-electron chi connectivity index (χ1n) is 23.4. The minimum Gasteiger partial charge on any atom is -0.329 e. The Morgan fingerprint density at radius 2 is 0.661 bits per heavy atom. The number of nitrogens with one attached hydrogen (secondary N) is 1. The van der Waals surface area contributed by atoms with Gasteiger partial charge in [0.25, 0.3) is 0 Å². The monoisotopic (exact) mass is 850 g/mol. The summed E-state index contributed by atoms with van der Waals surface area (Å²) in [7, 11) is 27.2. The number of quaternary nitrogens is 5. The van der Waals surface area contributed by atoms with E-state index in [1.807, 2.05) is 0 Å².